The van der Waals surface area contributed by atoms with Gasteiger partial charge in [-0.15, -0.1) is 0 Å². The Kier molecular flexibility index (Phi) is 5.00. The summed E-state index contributed by atoms with van der Waals surface area (Å²) in [6.45, 7) is 1.90. The van der Waals surface area contributed by atoms with Gasteiger partial charge in [0.1, 0.15) is 5.41 Å². The summed E-state index contributed by atoms with van der Waals surface area (Å²) in [5.41, 5.74) is 1.53. The highest BCUT2D eigenvalue weighted by atomic mass is 16.2. The van der Waals surface area contributed by atoms with Gasteiger partial charge in [0.15, 0.2) is 0 Å². The fourth-order valence-electron chi connectivity index (χ4n) is 4.04. The zero-order valence-corrected chi connectivity index (χ0v) is 14.5. The third-order valence-corrected chi connectivity index (χ3v) is 5.11. The van der Waals surface area contributed by atoms with Gasteiger partial charge in [0.25, 0.3) is 0 Å². The van der Waals surface area contributed by atoms with Crippen LogP contribution in [0.3, 0.4) is 0 Å². The molecule has 2 aromatic rings. The molecule has 1 fully saturated rings. The van der Waals surface area contributed by atoms with E-state index in [1.807, 2.05) is 50.5 Å². The second kappa shape index (κ2) is 7.18. The topological polar surface area (TPSA) is 32.3 Å². The number of carbonyl (C=O) groups is 1. The summed E-state index contributed by atoms with van der Waals surface area (Å²) >= 11 is 0. The summed E-state index contributed by atoms with van der Waals surface area (Å²) < 4.78 is 0. The van der Waals surface area contributed by atoms with Crippen LogP contribution in [-0.2, 0) is 10.2 Å². The molecule has 3 nitrogen and oxygen atoms in total. The van der Waals surface area contributed by atoms with Gasteiger partial charge in [-0.05, 0) is 43.0 Å². The highest BCUT2D eigenvalue weighted by Gasteiger charge is 2.49. The standard InChI is InChI=1S/C21H26N2O/c1-23(2)20(24)21(17-10-5-3-6-11-17,18-12-7-4-8-13-18)19-14-9-15-22-16-19/h3-8,10-13,19,22H,9,14-16H2,1-2H3/t19-/m0/s1. The monoisotopic (exact) mass is 322 g/mol. The van der Waals surface area contributed by atoms with Crippen molar-refractivity contribution in [1.29, 1.82) is 0 Å². The Bertz CT molecular complexity index is 621. The maximum Gasteiger partial charge on any atom is 0.237 e. The maximum atomic E-state index is 13.6. The van der Waals surface area contributed by atoms with Crippen molar-refractivity contribution in [2.24, 2.45) is 5.92 Å². The van der Waals surface area contributed by atoms with Crippen LogP contribution in [0.4, 0.5) is 0 Å². The zero-order valence-electron chi connectivity index (χ0n) is 14.5. The number of nitrogens with zero attached hydrogens (tertiary/aromatic N) is 1. The Balaban J connectivity index is 2.25. The van der Waals surface area contributed by atoms with Crippen LogP contribution in [0.15, 0.2) is 60.7 Å². The molecule has 1 saturated heterocycles. The molecular weight excluding hydrogens is 296 g/mol. The molecule has 1 N–H and O–H groups in total. The summed E-state index contributed by atoms with van der Waals surface area (Å²) in [5, 5.41) is 3.50. The van der Waals surface area contributed by atoms with Crippen LogP contribution in [0.5, 0.6) is 0 Å². The van der Waals surface area contributed by atoms with Crippen molar-refractivity contribution in [2.45, 2.75) is 18.3 Å². The fourth-order valence-corrected chi connectivity index (χ4v) is 4.04. The van der Waals surface area contributed by atoms with E-state index in [1.54, 1.807) is 4.90 Å². The average Bonchev–Trinajstić information content (AvgIpc) is 2.65. The lowest BCUT2D eigenvalue weighted by Crippen LogP contribution is -2.54. The Labute approximate surface area is 144 Å². The number of likely N-dealkylation sites (N-methyl/N-ethyl adjacent to an activating group) is 1. The minimum absolute atomic E-state index is 0.161. The quantitative estimate of drug-likeness (QED) is 0.938. The molecule has 1 aliphatic heterocycles. The van der Waals surface area contributed by atoms with Crippen molar-refractivity contribution in [3.05, 3.63) is 71.8 Å². The van der Waals surface area contributed by atoms with E-state index < -0.39 is 5.41 Å². The third-order valence-electron chi connectivity index (χ3n) is 5.11. The Hall–Kier alpha value is -2.13. The van der Waals surface area contributed by atoms with Gasteiger partial charge in [-0.25, -0.2) is 0 Å². The van der Waals surface area contributed by atoms with Crippen molar-refractivity contribution >= 4 is 5.91 Å². The van der Waals surface area contributed by atoms with Crippen LogP contribution in [0.25, 0.3) is 0 Å². The van der Waals surface area contributed by atoms with Gasteiger partial charge >= 0.3 is 0 Å². The van der Waals surface area contributed by atoms with E-state index in [0.717, 1.165) is 37.1 Å². The molecule has 0 radical (unpaired) electrons. The average molecular weight is 322 g/mol. The lowest BCUT2D eigenvalue weighted by molar-refractivity contribution is -0.135. The lowest BCUT2D eigenvalue weighted by Gasteiger charge is -2.44. The van der Waals surface area contributed by atoms with Gasteiger partial charge in [-0.3, -0.25) is 4.79 Å². The van der Waals surface area contributed by atoms with Crippen molar-refractivity contribution in [3.63, 3.8) is 0 Å². The molecule has 1 heterocycles. The first-order valence-electron chi connectivity index (χ1n) is 8.71. The van der Waals surface area contributed by atoms with Crippen LogP contribution in [0.2, 0.25) is 0 Å². The van der Waals surface area contributed by atoms with Gasteiger partial charge in [0, 0.05) is 14.1 Å². The van der Waals surface area contributed by atoms with Crippen LogP contribution >= 0.6 is 0 Å². The Morgan fingerprint density at radius 2 is 1.54 bits per heavy atom. The summed E-state index contributed by atoms with van der Waals surface area (Å²) in [6.07, 6.45) is 2.16. The SMILES string of the molecule is CN(C)C(=O)C(c1ccccc1)(c1ccccc1)[C@H]1CCCNC1. The molecule has 1 amide bonds. The van der Waals surface area contributed by atoms with Gasteiger partial charge < -0.3 is 10.2 Å². The van der Waals surface area contributed by atoms with E-state index >= 15 is 0 Å². The predicted octanol–water partition coefficient (Wildman–Crippen LogP) is 3.06. The first-order valence-corrected chi connectivity index (χ1v) is 8.71. The highest BCUT2D eigenvalue weighted by Crippen LogP contribution is 2.43. The first kappa shape index (κ1) is 16.7. The first-order chi connectivity index (χ1) is 11.7. The molecule has 126 valence electrons. The van der Waals surface area contributed by atoms with Crippen LogP contribution in [0, 0.1) is 5.92 Å². The van der Waals surface area contributed by atoms with E-state index in [1.165, 1.54) is 0 Å². The summed E-state index contributed by atoms with van der Waals surface area (Å²) in [7, 11) is 3.72. The number of benzene rings is 2. The molecule has 0 unspecified atom stereocenters. The second-order valence-electron chi connectivity index (χ2n) is 6.78. The van der Waals surface area contributed by atoms with Crippen LogP contribution in [0.1, 0.15) is 24.0 Å². The minimum atomic E-state index is -0.639. The summed E-state index contributed by atoms with van der Waals surface area (Å²) in [6, 6.07) is 20.6. The van der Waals surface area contributed by atoms with E-state index in [2.05, 4.69) is 29.6 Å². The Morgan fingerprint density at radius 3 is 1.96 bits per heavy atom. The fraction of sp³-hybridized carbons (Fsp3) is 0.381. The molecule has 24 heavy (non-hydrogen) atoms. The van der Waals surface area contributed by atoms with E-state index in [4.69, 9.17) is 0 Å². The lowest BCUT2D eigenvalue weighted by atomic mass is 9.62. The molecule has 1 aliphatic rings. The normalized spacial score (nSPS) is 18.2. The van der Waals surface area contributed by atoms with E-state index in [0.29, 0.717) is 0 Å². The smallest absolute Gasteiger partial charge is 0.237 e. The van der Waals surface area contributed by atoms with Crippen molar-refractivity contribution in [2.75, 3.05) is 27.2 Å². The van der Waals surface area contributed by atoms with Gasteiger partial charge in [0.2, 0.25) is 5.91 Å². The molecule has 2 aromatic carbocycles. The van der Waals surface area contributed by atoms with Crippen LogP contribution < -0.4 is 5.32 Å². The van der Waals surface area contributed by atoms with Crippen molar-refractivity contribution < 1.29 is 4.79 Å². The zero-order chi connectivity index (χ0) is 17.0. The van der Waals surface area contributed by atoms with Gasteiger partial charge in [-0.2, -0.15) is 0 Å². The molecule has 3 heteroatoms. The molecule has 0 saturated carbocycles. The molecule has 0 bridgehead atoms. The van der Waals surface area contributed by atoms with Gasteiger partial charge in [-0.1, -0.05) is 60.7 Å². The largest absolute Gasteiger partial charge is 0.348 e. The number of carbonyl (C=O) groups excluding carboxylic acids is 1. The molecule has 0 spiro atoms. The number of hydrogen-bond donors (Lipinski definition) is 1. The van der Waals surface area contributed by atoms with Gasteiger partial charge in [0.05, 0.1) is 0 Å². The van der Waals surface area contributed by atoms with Crippen LogP contribution in [-0.4, -0.2) is 38.0 Å². The minimum Gasteiger partial charge on any atom is -0.348 e. The summed E-state index contributed by atoms with van der Waals surface area (Å²) in [5.74, 6) is 0.402. The number of nitrogens with one attached hydrogen (secondary N) is 1. The van der Waals surface area contributed by atoms with Crippen molar-refractivity contribution in [3.8, 4) is 0 Å². The number of piperidine rings is 1. The highest BCUT2D eigenvalue weighted by molar-refractivity contribution is 5.92. The summed E-state index contributed by atoms with van der Waals surface area (Å²) in [4.78, 5) is 15.3. The molecule has 0 aromatic heterocycles. The number of hydrogen-bond acceptors (Lipinski definition) is 2. The van der Waals surface area contributed by atoms with E-state index in [9.17, 15) is 4.79 Å². The third kappa shape index (κ3) is 2.84. The molecule has 1 atom stereocenters. The number of rotatable bonds is 4. The van der Waals surface area contributed by atoms with E-state index in [-0.39, 0.29) is 11.8 Å². The molecular formula is C21H26N2O. The molecule has 0 aliphatic carbocycles. The predicted molar refractivity (Wildman–Crippen MR) is 98.0 cm³/mol. The Morgan fingerprint density at radius 1 is 1.00 bits per heavy atom. The number of amides is 1. The molecule has 3 rings (SSSR count). The van der Waals surface area contributed by atoms with Crippen molar-refractivity contribution in [1.82, 2.24) is 10.2 Å². The maximum absolute atomic E-state index is 13.6. The second-order valence-corrected chi connectivity index (χ2v) is 6.78.